The second-order valence-electron chi connectivity index (χ2n) is 9.39. The summed E-state index contributed by atoms with van der Waals surface area (Å²) in [5.41, 5.74) is 1.27. The Kier molecular flexibility index (Phi) is 7.02. The van der Waals surface area contributed by atoms with Crippen LogP contribution in [-0.2, 0) is 10.3 Å². The molecule has 1 aliphatic carbocycles. The number of benzene rings is 2. The van der Waals surface area contributed by atoms with E-state index < -0.39 is 11.5 Å². The number of methoxy groups -OCH3 is 1. The van der Waals surface area contributed by atoms with Crippen molar-refractivity contribution >= 4 is 29.3 Å². The fourth-order valence-corrected chi connectivity index (χ4v) is 4.96. The molecule has 9 heteroatoms. The van der Waals surface area contributed by atoms with Gasteiger partial charge >= 0.3 is 5.97 Å². The van der Waals surface area contributed by atoms with Crippen LogP contribution in [-0.4, -0.2) is 43.2 Å². The molecule has 0 radical (unpaired) electrons. The second kappa shape index (κ2) is 10.4. The maximum absolute atomic E-state index is 13.6. The highest BCUT2D eigenvalue weighted by Gasteiger charge is 2.46. The maximum atomic E-state index is 13.6. The minimum atomic E-state index is -0.504. The summed E-state index contributed by atoms with van der Waals surface area (Å²) in [6.07, 6.45) is 4.88. The van der Waals surface area contributed by atoms with E-state index in [1.54, 1.807) is 30.3 Å². The Morgan fingerprint density at radius 1 is 1.19 bits per heavy atom. The number of nitrogens with one attached hydrogen (secondary N) is 1. The fraction of sp³-hybridized carbons (Fsp3) is 0.321. The largest absolute Gasteiger partial charge is 0.491 e. The van der Waals surface area contributed by atoms with E-state index in [1.165, 1.54) is 25.4 Å². The van der Waals surface area contributed by atoms with Crippen LogP contribution in [0.15, 0.2) is 60.8 Å². The molecule has 1 aromatic heterocycles. The SMILES string of the molecule is COC(=O)c1ccc(C2(NC(=O)c3cc(Cl)cnc3N3CCC[C@@H]3COc3cccc(F)c3)CC2)cc1. The summed E-state index contributed by atoms with van der Waals surface area (Å²) < 4.78 is 24.2. The lowest BCUT2D eigenvalue weighted by atomic mass is 10.0. The Morgan fingerprint density at radius 2 is 1.97 bits per heavy atom. The Morgan fingerprint density at radius 3 is 2.68 bits per heavy atom. The van der Waals surface area contributed by atoms with Crippen molar-refractivity contribution in [2.75, 3.05) is 25.2 Å². The molecule has 0 bridgehead atoms. The molecule has 1 amide bonds. The van der Waals surface area contributed by atoms with Crippen LogP contribution in [0, 0.1) is 5.82 Å². The average Bonchev–Trinajstić information content (AvgIpc) is 3.54. The number of ether oxygens (including phenoxy) is 2. The number of carbonyl (C=O) groups excluding carboxylic acids is 2. The van der Waals surface area contributed by atoms with E-state index in [1.807, 2.05) is 12.1 Å². The molecular weight excluding hydrogens is 497 g/mol. The van der Waals surface area contributed by atoms with Crippen molar-refractivity contribution in [3.63, 3.8) is 0 Å². The summed E-state index contributed by atoms with van der Waals surface area (Å²) >= 11 is 6.26. The van der Waals surface area contributed by atoms with E-state index in [0.29, 0.717) is 40.9 Å². The highest BCUT2D eigenvalue weighted by molar-refractivity contribution is 6.31. The maximum Gasteiger partial charge on any atom is 0.337 e. The Hall–Kier alpha value is -3.65. The van der Waals surface area contributed by atoms with E-state index >= 15 is 0 Å². The van der Waals surface area contributed by atoms with E-state index in [9.17, 15) is 14.0 Å². The minimum absolute atomic E-state index is 0.0238. The van der Waals surface area contributed by atoms with Crippen molar-refractivity contribution in [2.24, 2.45) is 0 Å². The van der Waals surface area contributed by atoms with Crippen LogP contribution in [0.3, 0.4) is 0 Å². The lowest BCUT2D eigenvalue weighted by molar-refractivity contribution is 0.0600. The predicted octanol–water partition coefficient (Wildman–Crippen LogP) is 5.13. The molecule has 2 aliphatic rings. The molecule has 7 nitrogen and oxygen atoms in total. The van der Waals surface area contributed by atoms with Gasteiger partial charge < -0.3 is 19.7 Å². The number of halogens is 2. The van der Waals surface area contributed by atoms with Crippen LogP contribution in [0.25, 0.3) is 0 Å². The van der Waals surface area contributed by atoms with Crippen molar-refractivity contribution in [3.8, 4) is 5.75 Å². The standard InChI is InChI=1S/C28H27ClFN3O4/c1-36-27(35)18-7-9-19(10-8-18)28(11-12-28)32-26(34)24-14-20(29)16-31-25(24)33-13-3-5-22(33)17-37-23-6-2-4-21(30)15-23/h2,4,6-10,14-16,22H,3,5,11-13,17H2,1H3,(H,32,34)/t22-/m1/s1. The van der Waals surface area contributed by atoms with Crippen LogP contribution in [0.2, 0.25) is 5.02 Å². The lowest BCUT2D eigenvalue weighted by Crippen LogP contribution is -2.39. The van der Waals surface area contributed by atoms with Gasteiger partial charge in [-0.25, -0.2) is 14.2 Å². The molecule has 3 aromatic rings. The van der Waals surface area contributed by atoms with Gasteiger partial charge in [0.2, 0.25) is 0 Å². The molecule has 37 heavy (non-hydrogen) atoms. The van der Waals surface area contributed by atoms with Crippen molar-refractivity contribution in [1.82, 2.24) is 10.3 Å². The van der Waals surface area contributed by atoms with Crippen molar-refractivity contribution < 1.29 is 23.5 Å². The first kappa shape index (κ1) is 25.0. The number of carbonyl (C=O) groups is 2. The van der Waals surface area contributed by atoms with Crippen LogP contribution in [0.1, 0.15) is 52.0 Å². The minimum Gasteiger partial charge on any atom is -0.491 e. The summed E-state index contributed by atoms with van der Waals surface area (Å²) in [4.78, 5) is 31.9. The van der Waals surface area contributed by atoms with Gasteiger partial charge in [0, 0.05) is 18.8 Å². The number of hydrogen-bond donors (Lipinski definition) is 1. The van der Waals surface area contributed by atoms with Gasteiger partial charge in [-0.2, -0.15) is 0 Å². The van der Waals surface area contributed by atoms with E-state index in [4.69, 9.17) is 21.1 Å². The molecule has 192 valence electrons. The molecule has 1 saturated carbocycles. The molecular formula is C28H27ClFN3O4. The van der Waals surface area contributed by atoms with Crippen LogP contribution >= 0.6 is 11.6 Å². The Labute approximate surface area is 219 Å². The zero-order valence-corrected chi connectivity index (χ0v) is 21.1. The predicted molar refractivity (Wildman–Crippen MR) is 138 cm³/mol. The Balaban J connectivity index is 1.34. The number of hydrogen-bond acceptors (Lipinski definition) is 6. The summed E-state index contributed by atoms with van der Waals surface area (Å²) in [6, 6.07) is 14.8. The molecule has 0 spiro atoms. The van der Waals surface area contributed by atoms with Crippen LogP contribution in [0.5, 0.6) is 5.75 Å². The summed E-state index contributed by atoms with van der Waals surface area (Å²) in [5.74, 6) is -0.0206. The van der Waals surface area contributed by atoms with Gasteiger partial charge in [0.1, 0.15) is 24.0 Å². The number of anilines is 1. The molecule has 1 saturated heterocycles. The zero-order chi connectivity index (χ0) is 26.0. The monoisotopic (exact) mass is 523 g/mol. The molecule has 1 N–H and O–H groups in total. The number of pyridine rings is 1. The average molecular weight is 524 g/mol. The smallest absolute Gasteiger partial charge is 0.337 e. The first-order valence-electron chi connectivity index (χ1n) is 12.2. The zero-order valence-electron chi connectivity index (χ0n) is 20.4. The lowest BCUT2D eigenvalue weighted by Gasteiger charge is -2.28. The van der Waals surface area contributed by atoms with Gasteiger partial charge in [0.05, 0.1) is 34.8 Å². The van der Waals surface area contributed by atoms with E-state index in [0.717, 1.165) is 31.2 Å². The molecule has 2 fully saturated rings. The van der Waals surface area contributed by atoms with E-state index in [-0.39, 0.29) is 17.8 Å². The first-order valence-corrected chi connectivity index (χ1v) is 12.6. The third-order valence-electron chi connectivity index (χ3n) is 6.93. The van der Waals surface area contributed by atoms with Gasteiger partial charge in [0.25, 0.3) is 5.91 Å². The van der Waals surface area contributed by atoms with Gasteiger partial charge in [-0.1, -0.05) is 29.8 Å². The Bertz CT molecular complexity index is 1310. The summed E-state index contributed by atoms with van der Waals surface area (Å²) in [5, 5.41) is 3.55. The molecule has 1 aliphatic heterocycles. The number of nitrogens with zero attached hydrogens (tertiary/aromatic N) is 2. The number of amides is 1. The van der Waals surface area contributed by atoms with Crippen molar-refractivity contribution in [3.05, 3.63) is 88.3 Å². The van der Waals surface area contributed by atoms with E-state index in [2.05, 4.69) is 15.2 Å². The highest BCUT2D eigenvalue weighted by Crippen LogP contribution is 2.46. The van der Waals surface area contributed by atoms with Crippen LogP contribution in [0.4, 0.5) is 10.2 Å². The summed E-state index contributed by atoms with van der Waals surface area (Å²) in [6.45, 7) is 1.05. The molecule has 0 unspecified atom stereocenters. The number of aromatic nitrogens is 1. The van der Waals surface area contributed by atoms with Gasteiger partial charge in [-0.15, -0.1) is 0 Å². The molecule has 2 aromatic carbocycles. The number of rotatable bonds is 8. The highest BCUT2D eigenvalue weighted by atomic mass is 35.5. The van der Waals surface area contributed by atoms with Gasteiger partial charge in [0.15, 0.2) is 0 Å². The normalized spacial score (nSPS) is 17.8. The molecule has 2 heterocycles. The third kappa shape index (κ3) is 5.39. The van der Waals surface area contributed by atoms with Gasteiger partial charge in [-0.3, -0.25) is 4.79 Å². The van der Waals surface area contributed by atoms with Crippen LogP contribution < -0.4 is 15.0 Å². The second-order valence-corrected chi connectivity index (χ2v) is 9.82. The number of esters is 1. The molecule has 1 atom stereocenters. The summed E-state index contributed by atoms with van der Waals surface area (Å²) in [7, 11) is 1.34. The molecule has 5 rings (SSSR count). The quantitative estimate of drug-likeness (QED) is 0.412. The topological polar surface area (TPSA) is 80.8 Å². The van der Waals surface area contributed by atoms with Crippen molar-refractivity contribution in [1.29, 1.82) is 0 Å². The fourth-order valence-electron chi connectivity index (χ4n) is 4.80. The first-order chi connectivity index (χ1) is 17.9. The third-order valence-corrected chi connectivity index (χ3v) is 7.13. The van der Waals surface area contributed by atoms with Crippen molar-refractivity contribution in [2.45, 2.75) is 37.3 Å². The van der Waals surface area contributed by atoms with Gasteiger partial charge in [-0.05, 0) is 61.6 Å².